The summed E-state index contributed by atoms with van der Waals surface area (Å²) in [5, 5.41) is 4.58. The fourth-order valence-corrected chi connectivity index (χ4v) is 3.42. The summed E-state index contributed by atoms with van der Waals surface area (Å²) in [5.74, 6) is 2.01. The molecule has 5 nitrogen and oxygen atoms in total. The van der Waals surface area contributed by atoms with Crippen molar-refractivity contribution < 1.29 is 14.2 Å². The molecule has 1 heterocycles. The molecule has 3 rings (SSSR count). The second-order valence-corrected chi connectivity index (χ2v) is 7.56. The van der Waals surface area contributed by atoms with Crippen LogP contribution in [-0.4, -0.2) is 24.7 Å². The molecule has 0 fully saturated rings. The van der Waals surface area contributed by atoms with Crippen molar-refractivity contribution >= 4 is 23.2 Å². The summed E-state index contributed by atoms with van der Waals surface area (Å²) in [6.07, 6.45) is 2.61. The van der Waals surface area contributed by atoms with E-state index < -0.39 is 0 Å². The van der Waals surface area contributed by atoms with Gasteiger partial charge in [0.2, 0.25) is 5.88 Å². The van der Waals surface area contributed by atoms with Gasteiger partial charge in [0.15, 0.2) is 11.5 Å². The average Bonchev–Trinajstić information content (AvgIpc) is 2.78. The van der Waals surface area contributed by atoms with Gasteiger partial charge in [-0.3, -0.25) is 0 Å². The van der Waals surface area contributed by atoms with Crippen LogP contribution in [0.3, 0.4) is 0 Å². The van der Waals surface area contributed by atoms with Gasteiger partial charge < -0.3 is 19.5 Å². The van der Waals surface area contributed by atoms with Gasteiger partial charge in [-0.25, -0.2) is 4.98 Å². The first kappa shape index (κ1) is 23.2. The van der Waals surface area contributed by atoms with Gasteiger partial charge in [-0.15, -0.1) is 0 Å². The highest BCUT2D eigenvalue weighted by molar-refractivity contribution is 6.35. The number of benzene rings is 2. The first-order chi connectivity index (χ1) is 15.2. The second kappa shape index (κ2) is 12.4. The van der Waals surface area contributed by atoms with Crippen molar-refractivity contribution in [3.63, 3.8) is 0 Å². The molecule has 0 aliphatic rings. The Labute approximate surface area is 193 Å². The van der Waals surface area contributed by atoms with Crippen LogP contribution < -0.4 is 19.5 Å². The van der Waals surface area contributed by atoms with Gasteiger partial charge >= 0.3 is 0 Å². The SMILES string of the molecule is CCOc1cc(CNCCCOc2ccccn2)ccc1OCc1c(Cl)cccc1Cl. The summed E-state index contributed by atoms with van der Waals surface area (Å²) < 4.78 is 17.3. The van der Waals surface area contributed by atoms with E-state index in [1.165, 1.54) is 0 Å². The highest BCUT2D eigenvalue weighted by atomic mass is 35.5. The molecule has 0 radical (unpaired) electrons. The van der Waals surface area contributed by atoms with E-state index in [4.69, 9.17) is 37.4 Å². The smallest absolute Gasteiger partial charge is 0.213 e. The van der Waals surface area contributed by atoms with Gasteiger partial charge in [0.25, 0.3) is 0 Å². The largest absolute Gasteiger partial charge is 0.490 e. The second-order valence-electron chi connectivity index (χ2n) is 6.75. The molecule has 7 heteroatoms. The average molecular weight is 461 g/mol. The maximum absolute atomic E-state index is 6.23. The number of ether oxygens (including phenoxy) is 3. The van der Waals surface area contributed by atoms with E-state index in [-0.39, 0.29) is 6.61 Å². The molecule has 0 saturated heterocycles. The molecular formula is C24H26Cl2N2O3. The summed E-state index contributed by atoms with van der Waals surface area (Å²) in [6.45, 7) is 4.94. The van der Waals surface area contributed by atoms with Crippen LogP contribution >= 0.6 is 23.2 Å². The Bertz CT molecular complexity index is 935. The summed E-state index contributed by atoms with van der Waals surface area (Å²) in [5.41, 5.74) is 1.86. The Morgan fingerprint density at radius 3 is 2.48 bits per heavy atom. The normalized spacial score (nSPS) is 10.7. The van der Waals surface area contributed by atoms with E-state index in [0.29, 0.717) is 40.6 Å². The predicted octanol–water partition coefficient (Wildman–Crippen LogP) is 5.92. The molecule has 0 saturated carbocycles. The van der Waals surface area contributed by atoms with E-state index in [1.807, 2.05) is 49.4 Å². The van der Waals surface area contributed by atoms with E-state index in [0.717, 1.165) is 30.6 Å². The van der Waals surface area contributed by atoms with Gasteiger partial charge in [0.05, 0.1) is 13.2 Å². The highest BCUT2D eigenvalue weighted by Gasteiger charge is 2.10. The molecule has 1 N–H and O–H groups in total. The Morgan fingerprint density at radius 1 is 0.903 bits per heavy atom. The summed E-state index contributed by atoms with van der Waals surface area (Å²) in [6, 6.07) is 17.0. The zero-order chi connectivity index (χ0) is 21.9. The zero-order valence-electron chi connectivity index (χ0n) is 17.4. The van der Waals surface area contributed by atoms with Crippen molar-refractivity contribution in [2.45, 2.75) is 26.5 Å². The number of hydrogen-bond donors (Lipinski definition) is 1. The van der Waals surface area contributed by atoms with Gasteiger partial charge in [0.1, 0.15) is 6.61 Å². The Morgan fingerprint density at radius 2 is 1.74 bits per heavy atom. The van der Waals surface area contributed by atoms with E-state index >= 15 is 0 Å². The maximum Gasteiger partial charge on any atom is 0.213 e. The summed E-state index contributed by atoms with van der Waals surface area (Å²) in [7, 11) is 0. The molecule has 3 aromatic rings. The van der Waals surface area contributed by atoms with Gasteiger partial charge in [-0.05, 0) is 55.8 Å². The Kier molecular flexibility index (Phi) is 9.28. The maximum atomic E-state index is 6.23. The fourth-order valence-electron chi connectivity index (χ4n) is 2.91. The molecule has 2 aromatic carbocycles. The van der Waals surface area contributed by atoms with Crippen LogP contribution in [0, 0.1) is 0 Å². The molecule has 164 valence electrons. The number of pyridine rings is 1. The minimum absolute atomic E-state index is 0.270. The summed E-state index contributed by atoms with van der Waals surface area (Å²) >= 11 is 12.5. The lowest BCUT2D eigenvalue weighted by molar-refractivity contribution is 0.269. The van der Waals surface area contributed by atoms with Crippen LogP contribution in [0.5, 0.6) is 17.4 Å². The third kappa shape index (κ3) is 7.31. The third-order valence-electron chi connectivity index (χ3n) is 4.46. The van der Waals surface area contributed by atoms with Gasteiger partial charge in [0, 0.05) is 34.4 Å². The first-order valence-corrected chi connectivity index (χ1v) is 11.0. The van der Waals surface area contributed by atoms with Crippen molar-refractivity contribution in [1.82, 2.24) is 10.3 Å². The number of rotatable bonds is 12. The van der Waals surface area contributed by atoms with Crippen molar-refractivity contribution in [1.29, 1.82) is 0 Å². The zero-order valence-corrected chi connectivity index (χ0v) is 19.0. The third-order valence-corrected chi connectivity index (χ3v) is 5.16. The van der Waals surface area contributed by atoms with Crippen molar-refractivity contribution in [3.8, 4) is 17.4 Å². The minimum Gasteiger partial charge on any atom is -0.490 e. The molecule has 0 atom stereocenters. The van der Waals surface area contributed by atoms with Crippen molar-refractivity contribution in [2.75, 3.05) is 19.8 Å². The lowest BCUT2D eigenvalue weighted by Gasteiger charge is -2.15. The van der Waals surface area contributed by atoms with E-state index in [9.17, 15) is 0 Å². The molecule has 0 bridgehead atoms. The highest BCUT2D eigenvalue weighted by Crippen LogP contribution is 2.31. The standard InChI is InChI=1S/C24H26Cl2N2O3/c1-2-29-23-15-18(16-27-12-6-14-30-24-9-3-4-13-28-24)10-11-22(23)31-17-19-20(25)7-5-8-21(19)26/h3-5,7-11,13,15,27H,2,6,12,14,16-17H2,1H3. The topological polar surface area (TPSA) is 52.6 Å². The number of aromatic nitrogens is 1. The summed E-state index contributed by atoms with van der Waals surface area (Å²) in [4.78, 5) is 4.14. The Hall–Kier alpha value is -2.47. The van der Waals surface area contributed by atoms with Crippen molar-refractivity contribution in [3.05, 3.63) is 82.0 Å². The van der Waals surface area contributed by atoms with Crippen molar-refractivity contribution in [2.24, 2.45) is 0 Å². The minimum atomic E-state index is 0.270. The van der Waals surface area contributed by atoms with Crippen LogP contribution in [0.15, 0.2) is 60.8 Å². The molecule has 1 aromatic heterocycles. The molecule has 0 spiro atoms. The van der Waals surface area contributed by atoms with Crippen LogP contribution in [0.4, 0.5) is 0 Å². The van der Waals surface area contributed by atoms with E-state index in [2.05, 4.69) is 10.3 Å². The molecule has 0 aliphatic carbocycles. The Balaban J connectivity index is 1.48. The van der Waals surface area contributed by atoms with Crippen LogP contribution in [-0.2, 0) is 13.2 Å². The lowest BCUT2D eigenvalue weighted by atomic mass is 10.2. The molecule has 0 amide bonds. The van der Waals surface area contributed by atoms with Gasteiger partial charge in [-0.2, -0.15) is 0 Å². The molecule has 31 heavy (non-hydrogen) atoms. The van der Waals surface area contributed by atoms with E-state index in [1.54, 1.807) is 18.3 Å². The first-order valence-electron chi connectivity index (χ1n) is 10.2. The number of nitrogens with zero attached hydrogens (tertiary/aromatic N) is 1. The van der Waals surface area contributed by atoms with Gasteiger partial charge in [-0.1, -0.05) is 41.4 Å². The molecular weight excluding hydrogens is 435 g/mol. The fraction of sp³-hybridized carbons (Fsp3) is 0.292. The predicted molar refractivity (Wildman–Crippen MR) is 124 cm³/mol. The quantitative estimate of drug-likeness (QED) is 0.339. The molecule has 0 aliphatic heterocycles. The number of hydrogen-bond acceptors (Lipinski definition) is 5. The lowest BCUT2D eigenvalue weighted by Crippen LogP contribution is -2.17. The number of nitrogens with one attached hydrogen (secondary N) is 1. The van der Waals surface area contributed by atoms with Crippen LogP contribution in [0.1, 0.15) is 24.5 Å². The monoisotopic (exact) mass is 460 g/mol. The number of halogens is 2. The molecule has 0 unspecified atom stereocenters. The van der Waals surface area contributed by atoms with Crippen LogP contribution in [0.2, 0.25) is 10.0 Å². The van der Waals surface area contributed by atoms with Crippen LogP contribution in [0.25, 0.3) is 0 Å².